The fourth-order valence-corrected chi connectivity index (χ4v) is 4.53. The molecule has 1 atom stereocenters. The number of benzene rings is 2. The second-order valence-corrected chi connectivity index (χ2v) is 8.54. The van der Waals surface area contributed by atoms with Gasteiger partial charge in [0.1, 0.15) is 0 Å². The Morgan fingerprint density at radius 1 is 1.17 bits per heavy atom. The Kier molecular flexibility index (Phi) is 9.60. The zero-order valence-electron chi connectivity index (χ0n) is 15.1. The van der Waals surface area contributed by atoms with Gasteiger partial charge in [-0.25, -0.2) is 4.98 Å². The van der Waals surface area contributed by atoms with Crippen molar-refractivity contribution in [3.05, 3.63) is 91.9 Å². The van der Waals surface area contributed by atoms with Crippen molar-refractivity contribution in [3.63, 3.8) is 0 Å². The fraction of sp³-hybridized carbons (Fsp3) is 0.211. The molecule has 3 rings (SSSR count). The lowest BCUT2D eigenvalue weighted by Gasteiger charge is -2.18. The van der Waals surface area contributed by atoms with Gasteiger partial charge >= 0.3 is 0 Å². The summed E-state index contributed by atoms with van der Waals surface area (Å²) in [5.74, 6) is 0. The SMILES string of the molecule is Clc1ccc(CCC(Cn2ccnc2)Sc2ccccc2Cl)c(Cl)c1.O=[N+]([O-])O. The van der Waals surface area contributed by atoms with Gasteiger partial charge in [-0.3, -0.25) is 0 Å². The highest BCUT2D eigenvalue weighted by atomic mass is 35.5. The quantitative estimate of drug-likeness (QED) is 0.247. The third-order valence-electron chi connectivity index (χ3n) is 3.85. The first-order valence-electron chi connectivity index (χ1n) is 8.49. The summed E-state index contributed by atoms with van der Waals surface area (Å²) >= 11 is 20.4. The molecule has 29 heavy (non-hydrogen) atoms. The highest BCUT2D eigenvalue weighted by molar-refractivity contribution is 8.00. The van der Waals surface area contributed by atoms with E-state index in [1.54, 1.807) is 24.0 Å². The van der Waals surface area contributed by atoms with E-state index in [-0.39, 0.29) is 0 Å². The molecule has 0 fully saturated rings. The maximum Gasteiger partial charge on any atom is 0.291 e. The summed E-state index contributed by atoms with van der Waals surface area (Å²) in [6, 6.07) is 13.6. The molecule has 6 nitrogen and oxygen atoms in total. The Morgan fingerprint density at radius 2 is 1.90 bits per heavy atom. The predicted octanol–water partition coefficient (Wildman–Crippen LogP) is 6.29. The molecule has 0 aliphatic heterocycles. The van der Waals surface area contributed by atoms with Crippen LogP contribution in [0.2, 0.25) is 15.1 Å². The minimum absolute atomic E-state index is 0.348. The van der Waals surface area contributed by atoms with Gasteiger partial charge in [-0.2, -0.15) is 0 Å². The van der Waals surface area contributed by atoms with Crippen LogP contribution in [0.25, 0.3) is 0 Å². The van der Waals surface area contributed by atoms with Gasteiger partial charge in [-0.15, -0.1) is 21.9 Å². The van der Waals surface area contributed by atoms with Crippen LogP contribution in [0.4, 0.5) is 0 Å². The van der Waals surface area contributed by atoms with Crippen molar-refractivity contribution < 1.29 is 10.3 Å². The summed E-state index contributed by atoms with van der Waals surface area (Å²) in [6.45, 7) is 0.862. The summed E-state index contributed by atoms with van der Waals surface area (Å²) in [5.41, 5.74) is 1.11. The van der Waals surface area contributed by atoms with Crippen molar-refractivity contribution in [2.75, 3.05) is 0 Å². The average molecular weight is 475 g/mol. The van der Waals surface area contributed by atoms with Crippen molar-refractivity contribution in [3.8, 4) is 0 Å². The summed E-state index contributed by atoms with van der Waals surface area (Å²) < 4.78 is 2.10. The molecule has 0 radical (unpaired) electrons. The fourth-order valence-electron chi connectivity index (χ4n) is 2.58. The van der Waals surface area contributed by atoms with Crippen LogP contribution in [-0.2, 0) is 13.0 Å². The topological polar surface area (TPSA) is 81.2 Å². The lowest BCUT2D eigenvalue weighted by atomic mass is 10.1. The number of hydrogen-bond donors (Lipinski definition) is 1. The molecule has 1 aromatic heterocycles. The molecular formula is C19H18Cl3N3O3S. The van der Waals surface area contributed by atoms with Crippen LogP contribution in [0.15, 0.2) is 66.1 Å². The molecule has 0 saturated carbocycles. The molecule has 0 amide bonds. The molecule has 3 aromatic rings. The van der Waals surface area contributed by atoms with Gasteiger partial charge in [0.2, 0.25) is 0 Å². The van der Waals surface area contributed by atoms with Gasteiger partial charge in [0, 0.05) is 39.1 Å². The molecule has 1 heterocycles. The van der Waals surface area contributed by atoms with Gasteiger partial charge in [0.05, 0.1) is 11.3 Å². The second-order valence-electron chi connectivity index (χ2n) is 5.94. The maximum atomic E-state index is 8.36. The number of imidazole rings is 1. The van der Waals surface area contributed by atoms with E-state index in [0.29, 0.717) is 10.3 Å². The molecular weight excluding hydrogens is 457 g/mol. The average Bonchev–Trinajstić information content (AvgIpc) is 3.15. The van der Waals surface area contributed by atoms with E-state index in [2.05, 4.69) is 15.6 Å². The normalized spacial score (nSPS) is 11.4. The monoisotopic (exact) mass is 473 g/mol. The van der Waals surface area contributed by atoms with E-state index >= 15 is 0 Å². The van der Waals surface area contributed by atoms with Crippen molar-refractivity contribution in [1.82, 2.24) is 9.55 Å². The Hall–Kier alpha value is -1.93. The molecule has 154 valence electrons. The number of rotatable bonds is 7. The smallest absolute Gasteiger partial charge is 0.291 e. The van der Waals surface area contributed by atoms with Gasteiger partial charge in [-0.1, -0.05) is 53.0 Å². The third-order valence-corrected chi connectivity index (χ3v) is 6.21. The number of aryl methyl sites for hydroxylation is 1. The van der Waals surface area contributed by atoms with Crippen molar-refractivity contribution >= 4 is 46.6 Å². The lowest BCUT2D eigenvalue weighted by Crippen LogP contribution is -2.13. The van der Waals surface area contributed by atoms with Crippen LogP contribution in [0.5, 0.6) is 0 Å². The highest BCUT2D eigenvalue weighted by Gasteiger charge is 2.14. The minimum Gasteiger partial charge on any atom is -0.336 e. The summed E-state index contributed by atoms with van der Waals surface area (Å²) in [7, 11) is 0. The van der Waals surface area contributed by atoms with E-state index in [9.17, 15) is 0 Å². The molecule has 0 bridgehead atoms. The molecule has 2 aromatic carbocycles. The minimum atomic E-state index is -1.50. The Labute approximate surface area is 187 Å². The van der Waals surface area contributed by atoms with E-state index in [4.69, 9.17) is 50.1 Å². The van der Waals surface area contributed by atoms with Crippen LogP contribution in [-0.4, -0.2) is 25.1 Å². The Morgan fingerprint density at radius 3 is 2.52 bits per heavy atom. The summed E-state index contributed by atoms with van der Waals surface area (Å²) in [4.78, 5) is 13.6. The van der Waals surface area contributed by atoms with Crippen LogP contribution >= 0.6 is 46.6 Å². The lowest BCUT2D eigenvalue weighted by molar-refractivity contribution is -0.742. The highest BCUT2D eigenvalue weighted by Crippen LogP contribution is 2.33. The van der Waals surface area contributed by atoms with E-state index < -0.39 is 5.09 Å². The molecule has 1 N–H and O–H groups in total. The number of halogens is 3. The van der Waals surface area contributed by atoms with E-state index in [1.807, 2.05) is 42.9 Å². The number of nitrogens with zero attached hydrogens (tertiary/aromatic N) is 3. The molecule has 0 aliphatic carbocycles. The van der Waals surface area contributed by atoms with Crippen LogP contribution in [0.1, 0.15) is 12.0 Å². The van der Waals surface area contributed by atoms with Gasteiger partial charge in [-0.05, 0) is 42.7 Å². The number of thioether (sulfide) groups is 1. The molecule has 10 heteroatoms. The van der Waals surface area contributed by atoms with Gasteiger partial charge in [0.15, 0.2) is 0 Å². The number of aromatic nitrogens is 2. The van der Waals surface area contributed by atoms with Crippen LogP contribution in [0.3, 0.4) is 0 Å². The summed E-state index contributed by atoms with van der Waals surface area (Å²) in [5, 5.41) is 16.2. The van der Waals surface area contributed by atoms with Crippen molar-refractivity contribution in [1.29, 1.82) is 0 Å². The first kappa shape index (κ1) is 23.3. The molecule has 1 unspecified atom stereocenters. The van der Waals surface area contributed by atoms with Crippen LogP contribution < -0.4 is 0 Å². The molecule has 0 spiro atoms. The predicted molar refractivity (Wildman–Crippen MR) is 117 cm³/mol. The first-order chi connectivity index (χ1) is 13.8. The zero-order chi connectivity index (χ0) is 21.2. The largest absolute Gasteiger partial charge is 0.336 e. The second kappa shape index (κ2) is 11.9. The summed E-state index contributed by atoms with van der Waals surface area (Å²) in [6.07, 6.45) is 7.47. The molecule has 0 saturated heterocycles. The van der Waals surface area contributed by atoms with Gasteiger partial charge < -0.3 is 9.77 Å². The van der Waals surface area contributed by atoms with E-state index in [1.165, 1.54) is 0 Å². The first-order valence-corrected chi connectivity index (χ1v) is 10.5. The van der Waals surface area contributed by atoms with Crippen molar-refractivity contribution in [2.45, 2.75) is 29.5 Å². The molecule has 0 aliphatic rings. The third kappa shape index (κ3) is 8.53. The Bertz CT molecular complexity index is 922. The van der Waals surface area contributed by atoms with Gasteiger partial charge in [0.25, 0.3) is 5.09 Å². The standard InChI is InChI=1S/C19H17Cl3N2S.HNO3/c20-15-7-5-14(18(22)11-15)6-8-16(12-24-10-9-23-13-24)25-19-4-2-1-3-17(19)21;2-1(3)4/h1-5,7,9-11,13,16H,6,8,12H2;(H,2,3,4). The van der Waals surface area contributed by atoms with E-state index in [0.717, 1.165) is 39.9 Å². The maximum absolute atomic E-state index is 8.36. The Balaban J connectivity index is 0.000000687. The van der Waals surface area contributed by atoms with Crippen molar-refractivity contribution in [2.24, 2.45) is 0 Å². The number of hydrogen-bond acceptors (Lipinski definition) is 4. The van der Waals surface area contributed by atoms with Crippen LogP contribution in [0, 0.1) is 10.1 Å². The zero-order valence-corrected chi connectivity index (χ0v) is 18.2.